The first-order valence-electron chi connectivity index (χ1n) is 9.39. The van der Waals surface area contributed by atoms with Gasteiger partial charge in [0.25, 0.3) is 5.91 Å². The van der Waals surface area contributed by atoms with Crippen molar-refractivity contribution in [3.05, 3.63) is 72.4 Å². The van der Waals surface area contributed by atoms with Crippen LogP contribution in [0.4, 0.5) is 0 Å². The number of nitrogens with zero attached hydrogens (tertiary/aromatic N) is 1. The highest BCUT2D eigenvalue weighted by molar-refractivity contribution is 5.85. The molecule has 4 rings (SSSR count). The SMILES string of the molecule is O=C(CCn1ccc2ccccc21)NNC(=O)C1CC(c2ccccc2)NN1. The lowest BCUT2D eigenvalue weighted by Crippen LogP contribution is -2.50. The van der Waals surface area contributed by atoms with Crippen LogP contribution < -0.4 is 21.7 Å². The molecular formula is C21H23N5O2. The molecule has 1 aliphatic heterocycles. The van der Waals surface area contributed by atoms with E-state index in [1.807, 2.05) is 71.4 Å². The molecule has 1 aromatic heterocycles. The summed E-state index contributed by atoms with van der Waals surface area (Å²) in [6.07, 6.45) is 2.86. The van der Waals surface area contributed by atoms with Gasteiger partial charge in [0.1, 0.15) is 6.04 Å². The molecule has 7 heteroatoms. The molecule has 1 aliphatic rings. The molecule has 0 bridgehead atoms. The Hall–Kier alpha value is -3.16. The quantitative estimate of drug-likeness (QED) is 0.511. The van der Waals surface area contributed by atoms with Gasteiger partial charge in [0.2, 0.25) is 5.91 Å². The van der Waals surface area contributed by atoms with Crippen molar-refractivity contribution >= 4 is 22.7 Å². The molecule has 0 radical (unpaired) electrons. The Morgan fingerprint density at radius 3 is 2.61 bits per heavy atom. The summed E-state index contributed by atoms with van der Waals surface area (Å²) in [5, 5.41) is 1.14. The monoisotopic (exact) mass is 377 g/mol. The lowest BCUT2D eigenvalue weighted by Gasteiger charge is -2.12. The molecule has 2 amide bonds. The highest BCUT2D eigenvalue weighted by Crippen LogP contribution is 2.21. The number of benzene rings is 2. The average Bonchev–Trinajstić information content (AvgIpc) is 3.39. The molecule has 3 aromatic rings. The Kier molecular flexibility index (Phi) is 5.36. The van der Waals surface area contributed by atoms with E-state index in [2.05, 4.69) is 21.7 Å². The summed E-state index contributed by atoms with van der Waals surface area (Å²) in [7, 11) is 0. The standard InChI is InChI=1S/C21H23N5O2/c27-20(11-13-26-12-10-16-8-4-5-9-19(16)26)24-25-21(28)18-14-17(22-23-18)15-6-2-1-3-7-15/h1-10,12,17-18,22-23H,11,13-14H2,(H,24,27)(H,25,28). The van der Waals surface area contributed by atoms with Crippen LogP contribution in [0.1, 0.15) is 24.4 Å². The number of hydrogen-bond donors (Lipinski definition) is 4. The summed E-state index contributed by atoms with van der Waals surface area (Å²) in [4.78, 5) is 24.4. The molecule has 2 unspecified atom stereocenters. The number of fused-ring (bicyclic) bond motifs is 1. The predicted octanol–water partition coefficient (Wildman–Crippen LogP) is 1.79. The maximum atomic E-state index is 12.3. The van der Waals surface area contributed by atoms with Crippen LogP contribution in [-0.4, -0.2) is 22.4 Å². The van der Waals surface area contributed by atoms with Gasteiger partial charge in [-0.2, -0.15) is 0 Å². The van der Waals surface area contributed by atoms with Crippen molar-refractivity contribution in [1.82, 2.24) is 26.3 Å². The summed E-state index contributed by atoms with van der Waals surface area (Å²) < 4.78 is 2.03. The number of nitrogens with one attached hydrogen (secondary N) is 4. The fourth-order valence-corrected chi connectivity index (χ4v) is 3.47. The first-order chi connectivity index (χ1) is 13.7. The molecule has 1 fully saturated rings. The van der Waals surface area contributed by atoms with Crippen molar-refractivity contribution < 1.29 is 9.59 Å². The van der Waals surface area contributed by atoms with Gasteiger partial charge in [0.15, 0.2) is 0 Å². The summed E-state index contributed by atoms with van der Waals surface area (Å²) in [6.45, 7) is 0.550. The van der Waals surface area contributed by atoms with Crippen LogP contribution in [0.15, 0.2) is 66.9 Å². The largest absolute Gasteiger partial charge is 0.347 e. The third-order valence-electron chi connectivity index (χ3n) is 5.01. The van der Waals surface area contributed by atoms with Gasteiger partial charge < -0.3 is 4.57 Å². The molecule has 0 spiro atoms. The third kappa shape index (κ3) is 4.05. The number of hydrogen-bond acceptors (Lipinski definition) is 4. The van der Waals surface area contributed by atoms with Crippen LogP contribution >= 0.6 is 0 Å². The molecule has 144 valence electrons. The van der Waals surface area contributed by atoms with Crippen LogP contribution in [0.3, 0.4) is 0 Å². The fourth-order valence-electron chi connectivity index (χ4n) is 3.47. The van der Waals surface area contributed by atoms with E-state index in [-0.39, 0.29) is 24.3 Å². The Labute approximate surface area is 163 Å². The Morgan fingerprint density at radius 1 is 0.964 bits per heavy atom. The van der Waals surface area contributed by atoms with Crippen LogP contribution in [0.25, 0.3) is 10.9 Å². The number of para-hydroxylation sites is 1. The first-order valence-corrected chi connectivity index (χ1v) is 9.39. The predicted molar refractivity (Wildman–Crippen MR) is 107 cm³/mol. The number of carbonyl (C=O) groups is 2. The van der Waals surface area contributed by atoms with Gasteiger partial charge in [-0.15, -0.1) is 0 Å². The van der Waals surface area contributed by atoms with Crippen molar-refractivity contribution in [2.75, 3.05) is 0 Å². The van der Waals surface area contributed by atoms with Gasteiger partial charge >= 0.3 is 0 Å². The Balaban J connectivity index is 1.23. The van der Waals surface area contributed by atoms with Gasteiger partial charge in [0.05, 0.1) is 0 Å². The maximum absolute atomic E-state index is 12.3. The zero-order chi connectivity index (χ0) is 19.3. The number of aryl methyl sites for hydroxylation is 1. The lowest BCUT2D eigenvalue weighted by molar-refractivity contribution is -0.130. The van der Waals surface area contributed by atoms with E-state index >= 15 is 0 Å². The second kappa shape index (κ2) is 8.24. The second-order valence-electron chi connectivity index (χ2n) is 6.90. The van der Waals surface area contributed by atoms with Gasteiger partial charge in [-0.3, -0.25) is 20.4 Å². The van der Waals surface area contributed by atoms with E-state index in [1.165, 1.54) is 0 Å². The van der Waals surface area contributed by atoms with E-state index < -0.39 is 6.04 Å². The molecule has 1 saturated heterocycles. The summed E-state index contributed by atoms with van der Waals surface area (Å²) in [6, 6.07) is 19.7. The lowest BCUT2D eigenvalue weighted by atomic mass is 10.0. The van der Waals surface area contributed by atoms with Crippen molar-refractivity contribution in [3.63, 3.8) is 0 Å². The number of hydrazine groups is 2. The summed E-state index contributed by atoms with van der Waals surface area (Å²) in [5.41, 5.74) is 13.3. The first kappa shape index (κ1) is 18.2. The molecule has 0 aliphatic carbocycles. The van der Waals surface area contributed by atoms with Gasteiger partial charge in [-0.25, -0.2) is 10.9 Å². The van der Waals surface area contributed by atoms with Crippen LogP contribution in [0.5, 0.6) is 0 Å². The minimum absolute atomic E-state index is 0.0645. The maximum Gasteiger partial charge on any atom is 0.256 e. The van der Waals surface area contributed by atoms with E-state index in [9.17, 15) is 9.59 Å². The zero-order valence-corrected chi connectivity index (χ0v) is 15.4. The van der Waals surface area contributed by atoms with E-state index in [0.29, 0.717) is 13.0 Å². The van der Waals surface area contributed by atoms with Crippen molar-refractivity contribution in [2.45, 2.75) is 31.5 Å². The number of amides is 2. The molecule has 2 heterocycles. The van der Waals surface area contributed by atoms with Gasteiger partial charge in [-0.05, 0) is 29.5 Å². The number of rotatable bonds is 5. The highest BCUT2D eigenvalue weighted by atomic mass is 16.2. The van der Waals surface area contributed by atoms with E-state index in [0.717, 1.165) is 16.5 Å². The van der Waals surface area contributed by atoms with Gasteiger partial charge in [0, 0.05) is 30.7 Å². The normalized spacial score (nSPS) is 18.9. The topological polar surface area (TPSA) is 87.2 Å². The molecule has 28 heavy (non-hydrogen) atoms. The molecular weight excluding hydrogens is 354 g/mol. The molecule has 2 atom stereocenters. The fraction of sp³-hybridized carbons (Fsp3) is 0.238. The van der Waals surface area contributed by atoms with Gasteiger partial charge in [-0.1, -0.05) is 48.5 Å². The Morgan fingerprint density at radius 2 is 1.75 bits per heavy atom. The van der Waals surface area contributed by atoms with Crippen LogP contribution in [-0.2, 0) is 16.1 Å². The molecule has 4 N–H and O–H groups in total. The average molecular weight is 377 g/mol. The van der Waals surface area contributed by atoms with Crippen molar-refractivity contribution in [2.24, 2.45) is 0 Å². The number of carbonyl (C=O) groups excluding carboxylic acids is 2. The zero-order valence-electron chi connectivity index (χ0n) is 15.4. The molecule has 7 nitrogen and oxygen atoms in total. The van der Waals surface area contributed by atoms with Crippen LogP contribution in [0, 0.1) is 0 Å². The second-order valence-corrected chi connectivity index (χ2v) is 6.90. The minimum atomic E-state index is -0.404. The minimum Gasteiger partial charge on any atom is -0.347 e. The third-order valence-corrected chi connectivity index (χ3v) is 5.01. The van der Waals surface area contributed by atoms with E-state index in [4.69, 9.17) is 0 Å². The number of aromatic nitrogens is 1. The van der Waals surface area contributed by atoms with Crippen molar-refractivity contribution in [1.29, 1.82) is 0 Å². The molecule has 2 aromatic carbocycles. The smallest absolute Gasteiger partial charge is 0.256 e. The highest BCUT2D eigenvalue weighted by Gasteiger charge is 2.30. The molecule has 0 saturated carbocycles. The van der Waals surface area contributed by atoms with Crippen LogP contribution in [0.2, 0.25) is 0 Å². The summed E-state index contributed by atoms with van der Waals surface area (Å²) >= 11 is 0. The summed E-state index contributed by atoms with van der Waals surface area (Å²) in [5.74, 6) is -0.484. The van der Waals surface area contributed by atoms with Crippen molar-refractivity contribution in [3.8, 4) is 0 Å². The van der Waals surface area contributed by atoms with E-state index in [1.54, 1.807) is 0 Å². The Bertz CT molecular complexity index is 969.